The van der Waals surface area contributed by atoms with Gasteiger partial charge in [0.05, 0.1) is 11.6 Å². The molecule has 2 nitrogen and oxygen atoms in total. The molecule has 0 aromatic heterocycles. The Bertz CT molecular complexity index is 442. The maximum atomic E-state index is 14.1. The molecule has 1 atom stereocenters. The van der Waals surface area contributed by atoms with E-state index < -0.39 is 17.2 Å². The van der Waals surface area contributed by atoms with E-state index in [0.717, 1.165) is 31.7 Å². The Labute approximate surface area is 119 Å². The third-order valence-electron chi connectivity index (χ3n) is 4.44. The van der Waals surface area contributed by atoms with Crippen LogP contribution in [-0.2, 0) is 4.74 Å². The van der Waals surface area contributed by atoms with Gasteiger partial charge in [-0.1, -0.05) is 31.7 Å². The number of rotatable bonds is 4. The zero-order chi connectivity index (χ0) is 14.6. The van der Waals surface area contributed by atoms with E-state index in [-0.39, 0.29) is 6.04 Å². The molecule has 1 saturated carbocycles. The van der Waals surface area contributed by atoms with Gasteiger partial charge in [-0.25, -0.2) is 8.78 Å². The molecule has 1 aliphatic carbocycles. The Morgan fingerprint density at radius 2 is 1.80 bits per heavy atom. The van der Waals surface area contributed by atoms with E-state index in [2.05, 4.69) is 5.32 Å². The van der Waals surface area contributed by atoms with Crippen LogP contribution in [0.1, 0.15) is 50.1 Å². The molecule has 1 unspecified atom stereocenters. The number of hydrogen-bond donors (Lipinski definition) is 1. The van der Waals surface area contributed by atoms with Crippen molar-refractivity contribution in [3.63, 3.8) is 0 Å². The molecule has 0 amide bonds. The van der Waals surface area contributed by atoms with E-state index in [4.69, 9.17) is 4.74 Å². The van der Waals surface area contributed by atoms with Crippen LogP contribution in [0.2, 0.25) is 0 Å². The fourth-order valence-electron chi connectivity index (χ4n) is 3.38. The predicted molar refractivity (Wildman–Crippen MR) is 75.6 cm³/mol. The van der Waals surface area contributed by atoms with Gasteiger partial charge in [-0.2, -0.15) is 0 Å². The van der Waals surface area contributed by atoms with Crippen LogP contribution in [0.5, 0.6) is 0 Å². The summed E-state index contributed by atoms with van der Waals surface area (Å²) in [6, 6.07) is 3.52. The number of benzene rings is 1. The Balaban J connectivity index is 2.37. The molecule has 4 heteroatoms. The van der Waals surface area contributed by atoms with Gasteiger partial charge in [-0.3, -0.25) is 0 Å². The summed E-state index contributed by atoms with van der Waals surface area (Å²) in [5.74, 6) is -1.06. The quantitative estimate of drug-likeness (QED) is 0.844. The molecule has 0 heterocycles. The van der Waals surface area contributed by atoms with Crippen molar-refractivity contribution >= 4 is 0 Å². The van der Waals surface area contributed by atoms with Crippen molar-refractivity contribution in [3.05, 3.63) is 35.4 Å². The molecule has 1 aliphatic rings. The largest absolute Gasteiger partial charge is 0.376 e. The van der Waals surface area contributed by atoms with Gasteiger partial charge < -0.3 is 10.1 Å². The monoisotopic (exact) mass is 283 g/mol. The van der Waals surface area contributed by atoms with Crippen molar-refractivity contribution in [1.82, 2.24) is 5.32 Å². The van der Waals surface area contributed by atoms with Crippen LogP contribution in [0.15, 0.2) is 18.2 Å². The van der Waals surface area contributed by atoms with Gasteiger partial charge >= 0.3 is 0 Å². The summed E-state index contributed by atoms with van der Waals surface area (Å²) in [5, 5.41) is 3.18. The van der Waals surface area contributed by atoms with Crippen molar-refractivity contribution in [1.29, 1.82) is 0 Å². The highest BCUT2D eigenvalue weighted by Crippen LogP contribution is 2.40. The zero-order valence-electron chi connectivity index (χ0n) is 12.2. The lowest BCUT2D eigenvalue weighted by Gasteiger charge is -2.39. The number of halogens is 2. The molecule has 112 valence electrons. The summed E-state index contributed by atoms with van der Waals surface area (Å²) >= 11 is 0. The smallest absolute Gasteiger partial charge is 0.131 e. The summed E-state index contributed by atoms with van der Waals surface area (Å²) in [7, 11) is 3.50. The first-order valence-electron chi connectivity index (χ1n) is 7.30. The molecule has 20 heavy (non-hydrogen) atoms. The van der Waals surface area contributed by atoms with Gasteiger partial charge in [-0.15, -0.1) is 0 Å². The van der Waals surface area contributed by atoms with Gasteiger partial charge in [0, 0.05) is 18.7 Å². The summed E-state index contributed by atoms with van der Waals surface area (Å²) in [6.45, 7) is 0. The molecule has 0 bridgehead atoms. The average Bonchev–Trinajstić information content (AvgIpc) is 2.68. The molecule has 1 N–H and O–H groups in total. The van der Waals surface area contributed by atoms with Crippen molar-refractivity contribution in [2.45, 2.75) is 50.2 Å². The Morgan fingerprint density at radius 3 is 2.30 bits per heavy atom. The zero-order valence-corrected chi connectivity index (χ0v) is 12.2. The van der Waals surface area contributed by atoms with Gasteiger partial charge in [0.2, 0.25) is 0 Å². The number of ether oxygens (including phenoxy) is 1. The normalized spacial score (nSPS) is 20.4. The minimum absolute atomic E-state index is 0.258. The SMILES string of the molecule is CNC(c1ccc(F)cc1F)C1(OC)CCCCCC1. The van der Waals surface area contributed by atoms with Crippen LogP contribution in [0.3, 0.4) is 0 Å². The van der Waals surface area contributed by atoms with Gasteiger partial charge in [0.1, 0.15) is 11.6 Å². The number of nitrogens with one attached hydrogen (secondary N) is 1. The lowest BCUT2D eigenvalue weighted by molar-refractivity contribution is -0.0530. The summed E-state index contributed by atoms with van der Waals surface area (Å²) in [4.78, 5) is 0. The van der Waals surface area contributed by atoms with E-state index in [1.165, 1.54) is 25.0 Å². The molecule has 1 aromatic rings. The van der Waals surface area contributed by atoms with Crippen molar-refractivity contribution in [3.8, 4) is 0 Å². The molecule has 0 aliphatic heterocycles. The molecule has 2 rings (SSSR count). The van der Waals surface area contributed by atoms with Crippen molar-refractivity contribution in [2.75, 3.05) is 14.2 Å². The van der Waals surface area contributed by atoms with Gasteiger partial charge in [0.25, 0.3) is 0 Å². The van der Waals surface area contributed by atoms with E-state index in [9.17, 15) is 8.78 Å². The second kappa shape index (κ2) is 6.64. The minimum atomic E-state index is -0.548. The maximum Gasteiger partial charge on any atom is 0.131 e. The van der Waals surface area contributed by atoms with Gasteiger partial charge in [-0.05, 0) is 26.0 Å². The summed E-state index contributed by atoms with van der Waals surface area (Å²) < 4.78 is 33.1. The average molecular weight is 283 g/mol. The Morgan fingerprint density at radius 1 is 1.15 bits per heavy atom. The predicted octanol–water partition coefficient (Wildman–Crippen LogP) is 3.96. The molecule has 1 fully saturated rings. The third-order valence-corrected chi connectivity index (χ3v) is 4.44. The van der Waals surface area contributed by atoms with Gasteiger partial charge in [0.15, 0.2) is 0 Å². The van der Waals surface area contributed by atoms with E-state index >= 15 is 0 Å². The lowest BCUT2D eigenvalue weighted by atomic mass is 9.82. The van der Waals surface area contributed by atoms with Crippen LogP contribution in [0.25, 0.3) is 0 Å². The van der Waals surface area contributed by atoms with Crippen molar-refractivity contribution in [2.24, 2.45) is 0 Å². The Kier molecular flexibility index (Phi) is 5.11. The van der Waals surface area contributed by atoms with Crippen LogP contribution in [0.4, 0.5) is 8.78 Å². The van der Waals surface area contributed by atoms with Crippen molar-refractivity contribution < 1.29 is 13.5 Å². The second-order valence-corrected chi connectivity index (χ2v) is 5.57. The first kappa shape index (κ1) is 15.4. The summed E-state index contributed by atoms with van der Waals surface area (Å²) in [5.41, 5.74) is 0.0712. The minimum Gasteiger partial charge on any atom is -0.376 e. The fraction of sp³-hybridized carbons (Fsp3) is 0.625. The highest BCUT2D eigenvalue weighted by atomic mass is 19.1. The van der Waals surface area contributed by atoms with E-state index in [0.29, 0.717) is 5.56 Å². The highest BCUT2D eigenvalue weighted by molar-refractivity contribution is 5.25. The molecule has 1 aromatic carbocycles. The van der Waals surface area contributed by atoms with E-state index in [1.807, 2.05) is 0 Å². The topological polar surface area (TPSA) is 21.3 Å². The number of methoxy groups -OCH3 is 1. The first-order valence-corrected chi connectivity index (χ1v) is 7.30. The first-order chi connectivity index (χ1) is 9.63. The lowest BCUT2D eigenvalue weighted by Crippen LogP contribution is -2.44. The maximum absolute atomic E-state index is 14.1. The second-order valence-electron chi connectivity index (χ2n) is 5.57. The third kappa shape index (κ3) is 3.01. The molecule has 0 spiro atoms. The van der Waals surface area contributed by atoms with E-state index in [1.54, 1.807) is 14.2 Å². The number of hydrogen-bond acceptors (Lipinski definition) is 2. The molecular weight excluding hydrogens is 260 g/mol. The van der Waals surface area contributed by atoms with Crippen LogP contribution in [-0.4, -0.2) is 19.8 Å². The molecular formula is C16H23F2NO. The molecule has 0 radical (unpaired) electrons. The van der Waals surface area contributed by atoms with Crippen LogP contribution < -0.4 is 5.32 Å². The fourth-order valence-corrected chi connectivity index (χ4v) is 3.38. The highest BCUT2D eigenvalue weighted by Gasteiger charge is 2.40. The standard InChI is InChI=1S/C16H23F2NO/c1-19-15(13-8-7-12(17)11-14(13)18)16(20-2)9-5-3-4-6-10-16/h7-8,11,15,19H,3-6,9-10H2,1-2H3. The number of likely N-dealkylation sites (N-methyl/N-ethyl adjacent to an activating group) is 1. The van der Waals surface area contributed by atoms with Crippen LogP contribution in [0, 0.1) is 11.6 Å². The van der Waals surface area contributed by atoms with Crippen LogP contribution >= 0.6 is 0 Å². The molecule has 0 saturated heterocycles. The Hall–Kier alpha value is -1.00. The summed E-state index contributed by atoms with van der Waals surface area (Å²) in [6.07, 6.45) is 6.32.